The second kappa shape index (κ2) is 10.0. The molecule has 3 aromatic rings. The van der Waals surface area contributed by atoms with Crippen LogP contribution in [0.4, 0.5) is 14.9 Å². The zero-order valence-corrected chi connectivity index (χ0v) is 20.2. The number of aliphatic imine (C=N–C) groups is 1. The largest absolute Gasteiger partial charge is 0.465 e. The molecule has 0 radical (unpaired) electrons. The van der Waals surface area contributed by atoms with E-state index in [1.54, 1.807) is 42.5 Å². The Morgan fingerprint density at radius 2 is 1.84 bits per heavy atom. The van der Waals surface area contributed by atoms with Crippen molar-refractivity contribution in [2.45, 2.75) is 5.54 Å². The van der Waals surface area contributed by atoms with E-state index in [1.165, 1.54) is 22.7 Å². The van der Waals surface area contributed by atoms with Crippen molar-refractivity contribution >= 4 is 40.5 Å². The minimum absolute atomic E-state index is 0.0544. The van der Waals surface area contributed by atoms with Gasteiger partial charge in [0.25, 0.3) is 11.8 Å². The van der Waals surface area contributed by atoms with Crippen LogP contribution >= 0.6 is 11.8 Å². The quantitative estimate of drug-likeness (QED) is 0.482. The highest BCUT2D eigenvalue weighted by atomic mass is 32.2. The van der Waals surface area contributed by atoms with Gasteiger partial charge in [-0.1, -0.05) is 42.1 Å². The first-order chi connectivity index (χ1) is 17.8. The van der Waals surface area contributed by atoms with E-state index < -0.39 is 23.4 Å². The van der Waals surface area contributed by atoms with E-state index in [1.807, 2.05) is 12.1 Å². The summed E-state index contributed by atoms with van der Waals surface area (Å²) in [6.45, 7) is 0.400. The van der Waals surface area contributed by atoms with Gasteiger partial charge in [-0.25, -0.2) is 19.2 Å². The Morgan fingerprint density at radius 3 is 2.57 bits per heavy atom. The predicted octanol–water partition coefficient (Wildman–Crippen LogP) is 3.81. The van der Waals surface area contributed by atoms with E-state index in [0.29, 0.717) is 34.3 Å². The molecule has 0 bridgehead atoms. The number of halogens is 1. The highest BCUT2D eigenvalue weighted by Gasteiger charge is 2.51. The summed E-state index contributed by atoms with van der Waals surface area (Å²) >= 11 is 1.37. The summed E-state index contributed by atoms with van der Waals surface area (Å²) in [5.74, 6) is -0.954. The molecule has 3 heterocycles. The first-order valence-corrected chi connectivity index (χ1v) is 12.4. The third-order valence-corrected chi connectivity index (χ3v) is 7.41. The first kappa shape index (κ1) is 24.4. The zero-order chi connectivity index (χ0) is 26.0. The number of fused-ring (bicyclic) bond motifs is 1. The molecule has 9 nitrogen and oxygen atoms in total. The van der Waals surface area contributed by atoms with Gasteiger partial charge in [0.1, 0.15) is 17.1 Å². The fourth-order valence-electron chi connectivity index (χ4n) is 4.54. The van der Waals surface area contributed by atoms with Crippen LogP contribution in [-0.2, 0) is 5.54 Å². The van der Waals surface area contributed by atoms with Crippen molar-refractivity contribution in [2.24, 2.45) is 10.9 Å². The Morgan fingerprint density at radius 1 is 1.03 bits per heavy atom. The third-order valence-electron chi connectivity index (χ3n) is 6.38. The number of aromatic nitrogens is 1. The summed E-state index contributed by atoms with van der Waals surface area (Å²) in [6.07, 6.45) is -0.0798. The van der Waals surface area contributed by atoms with Crippen LogP contribution in [0.1, 0.15) is 26.4 Å². The number of rotatable bonds is 4. The normalized spacial score (nSPS) is 20.5. The van der Waals surface area contributed by atoms with Crippen molar-refractivity contribution in [3.63, 3.8) is 0 Å². The van der Waals surface area contributed by atoms with Gasteiger partial charge in [-0.2, -0.15) is 0 Å². The van der Waals surface area contributed by atoms with Crippen molar-refractivity contribution in [3.8, 4) is 0 Å². The number of nitrogens with zero attached hydrogens (tertiary/aromatic N) is 3. The van der Waals surface area contributed by atoms with Gasteiger partial charge in [0.15, 0.2) is 5.17 Å². The molecule has 0 aliphatic carbocycles. The molecule has 188 valence electrons. The van der Waals surface area contributed by atoms with Crippen LogP contribution in [0.2, 0.25) is 0 Å². The third kappa shape index (κ3) is 5.03. The van der Waals surface area contributed by atoms with Crippen LogP contribution in [0, 0.1) is 11.7 Å². The molecule has 1 aromatic heterocycles. The molecular formula is C26H22FN5O4S. The van der Waals surface area contributed by atoms with E-state index >= 15 is 0 Å². The lowest BCUT2D eigenvalue weighted by molar-refractivity contribution is 0.0975. The summed E-state index contributed by atoms with van der Waals surface area (Å²) in [4.78, 5) is 47.3. The summed E-state index contributed by atoms with van der Waals surface area (Å²) < 4.78 is 13.2. The number of carboxylic acid groups (broad SMARTS) is 1. The van der Waals surface area contributed by atoms with Gasteiger partial charge in [-0.3, -0.25) is 9.59 Å². The number of carbonyl (C=O) groups is 3. The Labute approximate surface area is 215 Å². The molecular weight excluding hydrogens is 497 g/mol. The Balaban J connectivity index is 1.46. The fourth-order valence-corrected chi connectivity index (χ4v) is 5.68. The van der Waals surface area contributed by atoms with Crippen molar-refractivity contribution in [2.75, 3.05) is 24.2 Å². The van der Waals surface area contributed by atoms with Crippen LogP contribution < -0.4 is 10.6 Å². The predicted molar refractivity (Wildman–Crippen MR) is 137 cm³/mol. The number of carbonyl (C=O) groups excluding carboxylic acids is 2. The molecule has 2 aliphatic heterocycles. The van der Waals surface area contributed by atoms with Gasteiger partial charge in [-0.05, 0) is 42.0 Å². The van der Waals surface area contributed by atoms with E-state index in [2.05, 4.69) is 15.6 Å². The topological polar surface area (TPSA) is 124 Å². The Hall–Kier alpha value is -4.25. The Bertz CT molecular complexity index is 1390. The number of likely N-dealkylation sites (tertiary alicyclic amines) is 1. The molecule has 0 spiro atoms. The molecule has 11 heteroatoms. The molecule has 1 fully saturated rings. The summed E-state index contributed by atoms with van der Waals surface area (Å²) in [5, 5.41) is 15.7. The van der Waals surface area contributed by atoms with E-state index in [9.17, 15) is 23.9 Å². The maximum atomic E-state index is 13.2. The molecule has 2 aromatic carbocycles. The number of benzene rings is 2. The molecule has 0 unspecified atom stereocenters. The zero-order valence-electron chi connectivity index (χ0n) is 19.4. The van der Waals surface area contributed by atoms with E-state index in [4.69, 9.17) is 4.99 Å². The van der Waals surface area contributed by atoms with Crippen molar-refractivity contribution in [1.82, 2.24) is 15.2 Å². The summed E-state index contributed by atoms with van der Waals surface area (Å²) in [5.41, 5.74) is 0.757. The highest BCUT2D eigenvalue weighted by molar-refractivity contribution is 8.13. The SMILES string of the molecule is O=C(NC1=N[C@@]2(c3cccc(NC(=O)c4ccc(F)cn4)c3)CN(C(=O)O)C[C@H]2CS1)c1ccccc1. The van der Waals surface area contributed by atoms with Gasteiger partial charge < -0.3 is 20.6 Å². The molecule has 2 aliphatic rings. The second-order valence-electron chi connectivity index (χ2n) is 8.73. The fraction of sp³-hybridized carbons (Fsp3) is 0.192. The number of hydrogen-bond donors (Lipinski definition) is 3. The van der Waals surface area contributed by atoms with Gasteiger partial charge >= 0.3 is 6.09 Å². The number of amidine groups is 1. The van der Waals surface area contributed by atoms with Crippen LogP contribution in [0.25, 0.3) is 0 Å². The number of thioether (sulfide) groups is 1. The summed E-state index contributed by atoms with van der Waals surface area (Å²) in [7, 11) is 0. The smallest absolute Gasteiger partial charge is 0.407 e. The van der Waals surface area contributed by atoms with Crippen LogP contribution in [-0.4, -0.2) is 56.9 Å². The lowest BCUT2D eigenvalue weighted by Gasteiger charge is -2.35. The number of anilines is 1. The monoisotopic (exact) mass is 519 g/mol. The molecule has 2 atom stereocenters. The first-order valence-electron chi connectivity index (χ1n) is 11.4. The summed E-state index contributed by atoms with van der Waals surface area (Å²) in [6, 6.07) is 18.2. The van der Waals surface area contributed by atoms with Crippen molar-refractivity contribution in [1.29, 1.82) is 0 Å². The maximum Gasteiger partial charge on any atom is 0.407 e. The minimum Gasteiger partial charge on any atom is -0.465 e. The van der Waals surface area contributed by atoms with E-state index in [0.717, 1.165) is 12.3 Å². The van der Waals surface area contributed by atoms with Gasteiger partial charge in [-0.15, -0.1) is 0 Å². The maximum absolute atomic E-state index is 13.2. The molecule has 3 N–H and O–H groups in total. The number of amides is 3. The van der Waals surface area contributed by atoms with Gasteiger partial charge in [0.05, 0.1) is 12.7 Å². The number of pyridine rings is 1. The average Bonchev–Trinajstić information content (AvgIpc) is 3.30. The van der Waals surface area contributed by atoms with Crippen LogP contribution in [0.3, 0.4) is 0 Å². The van der Waals surface area contributed by atoms with E-state index in [-0.39, 0.29) is 24.1 Å². The molecule has 5 rings (SSSR count). The van der Waals surface area contributed by atoms with Gasteiger partial charge in [0, 0.05) is 29.5 Å². The van der Waals surface area contributed by atoms with Crippen molar-refractivity contribution < 1.29 is 23.9 Å². The molecule has 37 heavy (non-hydrogen) atoms. The Kier molecular flexibility index (Phi) is 6.62. The molecule has 1 saturated heterocycles. The average molecular weight is 520 g/mol. The van der Waals surface area contributed by atoms with Crippen LogP contribution in [0.15, 0.2) is 77.9 Å². The molecule has 3 amide bonds. The number of nitrogens with one attached hydrogen (secondary N) is 2. The lowest BCUT2D eigenvalue weighted by Crippen LogP contribution is -2.42. The standard InChI is InChI=1S/C26H22FN5O4S/c27-19-9-10-21(28-12-19)23(34)29-20-8-4-7-17(11-20)26-15-32(25(35)36)13-18(26)14-37-24(31-26)30-22(33)16-5-2-1-3-6-16/h1-12,18H,13-15H2,(H,29,34)(H,35,36)(H,30,31,33)/t18-,26+/m0/s1. The second-order valence-corrected chi connectivity index (χ2v) is 9.74. The van der Waals surface area contributed by atoms with Crippen LogP contribution in [0.5, 0.6) is 0 Å². The van der Waals surface area contributed by atoms with Crippen molar-refractivity contribution in [3.05, 3.63) is 95.6 Å². The minimum atomic E-state index is -1.05. The number of hydrogen-bond acceptors (Lipinski definition) is 6. The van der Waals surface area contributed by atoms with Gasteiger partial charge in [0.2, 0.25) is 0 Å². The molecule has 0 saturated carbocycles. The highest BCUT2D eigenvalue weighted by Crippen LogP contribution is 2.46. The lowest BCUT2D eigenvalue weighted by atomic mass is 9.81.